The molecular formula is C18H27NO6. The van der Waals surface area contributed by atoms with Crippen LogP contribution in [0.2, 0.25) is 0 Å². The maximum atomic E-state index is 12.9. The van der Waals surface area contributed by atoms with Crippen molar-refractivity contribution in [1.29, 1.82) is 0 Å². The molecule has 0 amide bonds. The predicted molar refractivity (Wildman–Crippen MR) is 91.0 cm³/mol. The lowest BCUT2D eigenvalue weighted by molar-refractivity contribution is -0.882. The summed E-state index contributed by atoms with van der Waals surface area (Å²) in [4.78, 5) is 23.9. The van der Waals surface area contributed by atoms with Crippen LogP contribution in [0.5, 0.6) is 0 Å². The number of ether oxygens (including phenoxy) is 2. The minimum atomic E-state index is -0.572. The summed E-state index contributed by atoms with van der Waals surface area (Å²) < 4.78 is 10.4. The molecule has 2 rings (SSSR count). The van der Waals surface area contributed by atoms with Gasteiger partial charge in [0.05, 0.1) is 31.2 Å². The number of aliphatic hydroxyl groups excluding tert-OH is 1. The largest absolute Gasteiger partial charge is 0.632 e. The molecule has 0 bridgehead atoms. The maximum absolute atomic E-state index is 12.9. The van der Waals surface area contributed by atoms with E-state index < -0.39 is 24.1 Å². The third-order valence-electron chi connectivity index (χ3n) is 5.30. The number of rotatable bonds is 6. The highest BCUT2D eigenvalue weighted by molar-refractivity contribution is 5.88. The molecule has 0 aromatic rings. The van der Waals surface area contributed by atoms with Gasteiger partial charge in [-0.3, -0.25) is 0 Å². The van der Waals surface area contributed by atoms with Crippen LogP contribution in [0.15, 0.2) is 23.3 Å². The highest BCUT2D eigenvalue weighted by atomic mass is 16.6. The summed E-state index contributed by atoms with van der Waals surface area (Å²) >= 11 is 0. The van der Waals surface area contributed by atoms with Crippen LogP contribution < -0.4 is 0 Å². The van der Waals surface area contributed by atoms with Crippen molar-refractivity contribution in [2.75, 3.05) is 26.3 Å². The van der Waals surface area contributed by atoms with Gasteiger partial charge >= 0.3 is 11.9 Å². The number of quaternary nitrogens is 1. The highest BCUT2D eigenvalue weighted by Gasteiger charge is 2.54. The van der Waals surface area contributed by atoms with E-state index in [-0.39, 0.29) is 29.4 Å². The first-order valence-corrected chi connectivity index (χ1v) is 8.71. The molecule has 2 heterocycles. The van der Waals surface area contributed by atoms with Gasteiger partial charge in [-0.25, -0.2) is 9.59 Å². The SMILES string of the molecule is C/C=C(/CO)C(=O)OC[C@@H]1CC[N+]2([O-])CC[C@@H](OC(=O)/C(C)=C/C)[C@@H]12. The Labute approximate surface area is 148 Å². The first-order chi connectivity index (χ1) is 11.9. The summed E-state index contributed by atoms with van der Waals surface area (Å²) in [6.07, 6.45) is 3.88. The zero-order valence-electron chi connectivity index (χ0n) is 15.1. The standard InChI is InChI=1S/C18H27NO6/c1-4-12(3)17(21)25-15-7-9-19(23)8-6-14(16(15)19)11-24-18(22)13(5-2)10-20/h4-5,14-16,20H,6-11H2,1-3H3/b12-4+,13-5-/t14-,15+,16+,19?/m0/s1. The highest BCUT2D eigenvalue weighted by Crippen LogP contribution is 2.41. The van der Waals surface area contributed by atoms with E-state index in [4.69, 9.17) is 14.6 Å². The van der Waals surface area contributed by atoms with Gasteiger partial charge in [-0.15, -0.1) is 0 Å². The van der Waals surface area contributed by atoms with Crippen LogP contribution in [0.4, 0.5) is 0 Å². The molecule has 1 unspecified atom stereocenters. The average molecular weight is 353 g/mol. The van der Waals surface area contributed by atoms with Crippen molar-refractivity contribution in [2.24, 2.45) is 5.92 Å². The molecule has 1 N–H and O–H groups in total. The van der Waals surface area contributed by atoms with Gasteiger partial charge in [0.1, 0.15) is 12.6 Å². The zero-order chi connectivity index (χ0) is 18.6. The van der Waals surface area contributed by atoms with Crippen molar-refractivity contribution in [2.45, 2.75) is 45.8 Å². The second-order valence-corrected chi connectivity index (χ2v) is 6.71. The van der Waals surface area contributed by atoms with Crippen LogP contribution in [-0.4, -0.2) is 60.1 Å². The molecule has 0 aromatic carbocycles. The van der Waals surface area contributed by atoms with Crippen molar-refractivity contribution in [1.82, 2.24) is 0 Å². The lowest BCUT2D eigenvalue weighted by atomic mass is 9.97. The third-order valence-corrected chi connectivity index (χ3v) is 5.30. The molecule has 0 radical (unpaired) electrons. The fraction of sp³-hybridized carbons (Fsp3) is 0.667. The van der Waals surface area contributed by atoms with Crippen molar-refractivity contribution in [3.8, 4) is 0 Å². The number of hydrogen-bond acceptors (Lipinski definition) is 6. The lowest BCUT2D eigenvalue weighted by Gasteiger charge is -2.40. The van der Waals surface area contributed by atoms with Crippen molar-refractivity contribution < 1.29 is 28.8 Å². The molecule has 0 spiro atoms. The zero-order valence-corrected chi connectivity index (χ0v) is 15.1. The van der Waals surface area contributed by atoms with Gasteiger partial charge in [0, 0.05) is 18.4 Å². The summed E-state index contributed by atoms with van der Waals surface area (Å²) in [7, 11) is 0. The predicted octanol–water partition coefficient (Wildman–Crippen LogP) is 1.45. The summed E-state index contributed by atoms with van der Waals surface area (Å²) in [5.74, 6) is -1.12. The number of carbonyl (C=O) groups is 2. The minimum absolute atomic E-state index is 0.0970. The first-order valence-electron chi connectivity index (χ1n) is 8.71. The van der Waals surface area contributed by atoms with Crippen molar-refractivity contribution >= 4 is 11.9 Å². The number of esters is 2. The Hall–Kier alpha value is -1.70. The van der Waals surface area contributed by atoms with Gasteiger partial charge in [0.25, 0.3) is 0 Å². The molecule has 4 atom stereocenters. The molecule has 25 heavy (non-hydrogen) atoms. The topological polar surface area (TPSA) is 95.9 Å². The molecule has 7 heteroatoms. The van der Waals surface area contributed by atoms with E-state index in [1.165, 1.54) is 6.08 Å². The van der Waals surface area contributed by atoms with Gasteiger partial charge in [-0.1, -0.05) is 12.2 Å². The summed E-state index contributed by atoms with van der Waals surface area (Å²) in [6.45, 7) is 5.67. The Bertz CT molecular complexity index is 584. The molecule has 0 aliphatic carbocycles. The maximum Gasteiger partial charge on any atom is 0.336 e. The Morgan fingerprint density at radius 2 is 1.88 bits per heavy atom. The van der Waals surface area contributed by atoms with Gasteiger partial charge in [-0.2, -0.15) is 0 Å². The molecule has 2 fully saturated rings. The van der Waals surface area contributed by atoms with Crippen LogP contribution in [0, 0.1) is 11.1 Å². The third kappa shape index (κ3) is 4.11. The van der Waals surface area contributed by atoms with Crippen LogP contribution in [0.3, 0.4) is 0 Å². The normalized spacial score (nSPS) is 32.4. The first kappa shape index (κ1) is 19.6. The van der Waals surface area contributed by atoms with E-state index in [0.717, 1.165) is 0 Å². The van der Waals surface area contributed by atoms with Crippen molar-refractivity contribution in [3.63, 3.8) is 0 Å². The van der Waals surface area contributed by atoms with Crippen molar-refractivity contribution in [3.05, 3.63) is 28.5 Å². The van der Waals surface area contributed by atoms with Crippen LogP contribution in [-0.2, 0) is 19.1 Å². The van der Waals surface area contributed by atoms with E-state index in [1.54, 1.807) is 26.8 Å². The van der Waals surface area contributed by atoms with Gasteiger partial charge < -0.3 is 24.4 Å². The molecule has 7 nitrogen and oxygen atoms in total. The van der Waals surface area contributed by atoms with Gasteiger partial charge in [0.2, 0.25) is 0 Å². The Kier molecular flexibility index (Phi) is 6.37. The van der Waals surface area contributed by atoms with E-state index in [0.29, 0.717) is 31.5 Å². The number of fused-ring (bicyclic) bond motifs is 1. The smallest absolute Gasteiger partial charge is 0.336 e. The molecule has 0 saturated carbocycles. The average Bonchev–Trinajstić information content (AvgIpc) is 3.09. The molecule has 2 aliphatic rings. The van der Waals surface area contributed by atoms with E-state index in [9.17, 15) is 14.8 Å². The van der Waals surface area contributed by atoms with Crippen LogP contribution >= 0.6 is 0 Å². The lowest BCUT2D eigenvalue weighted by Crippen LogP contribution is -2.48. The van der Waals surface area contributed by atoms with Gasteiger partial charge in [0.15, 0.2) is 6.10 Å². The molecule has 2 aliphatic heterocycles. The summed E-state index contributed by atoms with van der Waals surface area (Å²) in [5.41, 5.74) is 0.705. The van der Waals surface area contributed by atoms with E-state index in [1.807, 2.05) is 0 Å². The minimum Gasteiger partial charge on any atom is -0.632 e. The van der Waals surface area contributed by atoms with E-state index >= 15 is 0 Å². The second-order valence-electron chi connectivity index (χ2n) is 6.71. The Morgan fingerprint density at radius 3 is 2.48 bits per heavy atom. The molecule has 2 saturated heterocycles. The number of hydrogen-bond donors (Lipinski definition) is 1. The summed E-state index contributed by atoms with van der Waals surface area (Å²) in [5, 5.41) is 22.0. The van der Waals surface area contributed by atoms with E-state index in [2.05, 4.69) is 0 Å². The second kappa shape index (κ2) is 8.12. The monoisotopic (exact) mass is 353 g/mol. The quantitative estimate of drug-likeness (QED) is 0.336. The molecule has 0 aromatic heterocycles. The van der Waals surface area contributed by atoms with Gasteiger partial charge in [-0.05, 0) is 20.8 Å². The summed E-state index contributed by atoms with van der Waals surface area (Å²) in [6, 6.07) is -0.399. The number of nitrogens with zero attached hydrogens (tertiary/aromatic N) is 1. The molecule has 140 valence electrons. The number of aliphatic hydroxyl groups is 1. The van der Waals surface area contributed by atoms with Crippen LogP contribution in [0.25, 0.3) is 0 Å². The Balaban J connectivity index is 2.03. The number of allylic oxidation sites excluding steroid dienone is 2. The van der Waals surface area contributed by atoms with Crippen LogP contribution in [0.1, 0.15) is 33.6 Å². The fourth-order valence-corrected chi connectivity index (χ4v) is 3.68. The Morgan fingerprint density at radius 1 is 1.20 bits per heavy atom. The fourth-order valence-electron chi connectivity index (χ4n) is 3.68. The number of carbonyl (C=O) groups excluding carboxylic acids is 2. The number of hydroxylamine groups is 3. The molecular weight excluding hydrogens is 326 g/mol.